The third-order valence-electron chi connectivity index (χ3n) is 2.47. The van der Waals surface area contributed by atoms with Gasteiger partial charge in [0.2, 0.25) is 5.91 Å². The Hall–Kier alpha value is -2.31. The minimum Gasteiger partial charge on any atom is -0.378 e. The van der Waals surface area contributed by atoms with Gasteiger partial charge in [0, 0.05) is 38.6 Å². The van der Waals surface area contributed by atoms with E-state index in [1.807, 2.05) is 19.4 Å². The fourth-order valence-electron chi connectivity index (χ4n) is 1.53. The van der Waals surface area contributed by atoms with E-state index in [2.05, 4.69) is 20.8 Å². The zero-order valence-electron chi connectivity index (χ0n) is 10.4. The maximum Gasteiger partial charge on any atom is 0.241 e. The lowest BCUT2D eigenvalue weighted by Crippen LogP contribution is -2.23. The molecule has 1 amide bonds. The van der Waals surface area contributed by atoms with Crippen molar-refractivity contribution < 1.29 is 4.79 Å². The van der Waals surface area contributed by atoms with Gasteiger partial charge in [-0.25, -0.2) is 0 Å². The fraction of sp³-hybridized carbons (Fsp3) is 0.364. The third kappa shape index (κ3) is 3.09. The van der Waals surface area contributed by atoms with Gasteiger partial charge in [-0.1, -0.05) is 0 Å². The van der Waals surface area contributed by atoms with Gasteiger partial charge in [0.15, 0.2) is 0 Å². The summed E-state index contributed by atoms with van der Waals surface area (Å²) < 4.78 is 3.34. The number of hydrogen-bond acceptors (Lipinski definition) is 4. The lowest BCUT2D eigenvalue weighted by Gasteiger charge is -2.00. The number of carbonyl (C=O) groups excluding carboxylic acids is 1. The number of likely N-dealkylation sites (N-methyl/N-ethyl adjacent to an activating group) is 1. The van der Waals surface area contributed by atoms with Gasteiger partial charge in [0.25, 0.3) is 0 Å². The summed E-state index contributed by atoms with van der Waals surface area (Å²) in [5.41, 5.74) is 1.97. The summed E-state index contributed by atoms with van der Waals surface area (Å²) in [6.07, 6.45) is 7.24. The first-order chi connectivity index (χ1) is 8.67. The molecule has 0 spiro atoms. The van der Waals surface area contributed by atoms with Crippen molar-refractivity contribution in [2.45, 2.75) is 13.1 Å². The Labute approximate surface area is 105 Å². The summed E-state index contributed by atoms with van der Waals surface area (Å²) in [5.74, 6) is -0.0723. The normalized spacial score (nSPS) is 10.3. The summed E-state index contributed by atoms with van der Waals surface area (Å²) in [5, 5.41) is 14.0. The summed E-state index contributed by atoms with van der Waals surface area (Å²) in [4.78, 5) is 11.2. The Balaban J connectivity index is 1.88. The quantitative estimate of drug-likeness (QED) is 0.779. The van der Waals surface area contributed by atoms with Crippen molar-refractivity contribution in [3.05, 3.63) is 30.4 Å². The molecular formula is C11H16N6O. The molecule has 2 N–H and O–H groups in total. The van der Waals surface area contributed by atoms with E-state index >= 15 is 0 Å². The molecule has 2 heterocycles. The number of amides is 1. The van der Waals surface area contributed by atoms with Gasteiger partial charge in [-0.05, 0) is 0 Å². The number of aromatic nitrogens is 4. The monoisotopic (exact) mass is 248 g/mol. The molecule has 0 aliphatic heterocycles. The SMILES string of the molecule is CNC(=O)Cn1cc(NCc2cnn(C)c2)cn1. The van der Waals surface area contributed by atoms with E-state index in [0.717, 1.165) is 11.3 Å². The van der Waals surface area contributed by atoms with Crippen molar-refractivity contribution >= 4 is 11.6 Å². The molecule has 0 radical (unpaired) electrons. The minimum absolute atomic E-state index is 0.0723. The predicted octanol–water partition coefficient (Wildman–Crippen LogP) is -0.0253. The van der Waals surface area contributed by atoms with Crippen LogP contribution in [0.1, 0.15) is 5.56 Å². The molecule has 0 bridgehead atoms. The highest BCUT2D eigenvalue weighted by molar-refractivity contribution is 5.75. The van der Waals surface area contributed by atoms with Crippen molar-refractivity contribution in [3.63, 3.8) is 0 Å². The molecule has 2 rings (SSSR count). The molecular weight excluding hydrogens is 232 g/mol. The molecule has 0 saturated heterocycles. The predicted molar refractivity (Wildman–Crippen MR) is 66.8 cm³/mol. The molecule has 2 aromatic rings. The van der Waals surface area contributed by atoms with Crippen LogP contribution in [0.3, 0.4) is 0 Å². The molecule has 0 aliphatic carbocycles. The molecule has 96 valence electrons. The summed E-state index contributed by atoms with van der Waals surface area (Å²) >= 11 is 0. The van der Waals surface area contributed by atoms with Gasteiger partial charge >= 0.3 is 0 Å². The van der Waals surface area contributed by atoms with Crippen molar-refractivity contribution in [1.82, 2.24) is 24.9 Å². The van der Waals surface area contributed by atoms with E-state index in [0.29, 0.717) is 6.54 Å². The van der Waals surface area contributed by atoms with Crippen LogP contribution in [-0.2, 0) is 24.9 Å². The van der Waals surface area contributed by atoms with Crippen LogP contribution in [0.25, 0.3) is 0 Å². The fourth-order valence-corrected chi connectivity index (χ4v) is 1.53. The largest absolute Gasteiger partial charge is 0.378 e. The molecule has 0 saturated carbocycles. The van der Waals surface area contributed by atoms with Crippen LogP contribution in [0.4, 0.5) is 5.69 Å². The van der Waals surface area contributed by atoms with E-state index in [1.54, 1.807) is 28.8 Å². The van der Waals surface area contributed by atoms with Gasteiger partial charge in [-0.15, -0.1) is 0 Å². The number of anilines is 1. The van der Waals surface area contributed by atoms with Crippen LogP contribution in [0, 0.1) is 0 Å². The highest BCUT2D eigenvalue weighted by atomic mass is 16.1. The Morgan fingerprint density at radius 1 is 1.33 bits per heavy atom. The molecule has 2 aromatic heterocycles. The zero-order chi connectivity index (χ0) is 13.0. The number of carbonyl (C=O) groups is 1. The second-order valence-corrected chi connectivity index (χ2v) is 3.98. The van der Waals surface area contributed by atoms with Gasteiger partial charge in [-0.3, -0.25) is 14.2 Å². The van der Waals surface area contributed by atoms with Crippen LogP contribution in [0.5, 0.6) is 0 Å². The summed E-state index contributed by atoms with van der Waals surface area (Å²) in [6, 6.07) is 0. The Bertz CT molecular complexity index is 529. The number of aryl methyl sites for hydroxylation is 1. The smallest absolute Gasteiger partial charge is 0.241 e. The summed E-state index contributed by atoms with van der Waals surface area (Å²) in [6.45, 7) is 0.907. The number of rotatable bonds is 5. The van der Waals surface area contributed by atoms with Crippen molar-refractivity contribution in [2.75, 3.05) is 12.4 Å². The first kappa shape index (κ1) is 12.2. The maximum absolute atomic E-state index is 11.2. The van der Waals surface area contributed by atoms with Crippen LogP contribution < -0.4 is 10.6 Å². The van der Waals surface area contributed by atoms with Gasteiger partial charge in [0.1, 0.15) is 6.54 Å². The van der Waals surface area contributed by atoms with Crippen LogP contribution in [-0.4, -0.2) is 32.5 Å². The van der Waals surface area contributed by atoms with Gasteiger partial charge in [0.05, 0.1) is 18.1 Å². The molecule has 0 fully saturated rings. The topological polar surface area (TPSA) is 76.8 Å². The van der Waals surface area contributed by atoms with E-state index in [-0.39, 0.29) is 12.5 Å². The lowest BCUT2D eigenvalue weighted by molar-refractivity contribution is -0.121. The number of nitrogens with zero attached hydrogens (tertiary/aromatic N) is 4. The van der Waals surface area contributed by atoms with Crippen LogP contribution >= 0.6 is 0 Å². The second kappa shape index (κ2) is 5.35. The maximum atomic E-state index is 11.2. The Morgan fingerprint density at radius 3 is 2.83 bits per heavy atom. The number of nitrogens with one attached hydrogen (secondary N) is 2. The third-order valence-corrected chi connectivity index (χ3v) is 2.47. The number of hydrogen-bond donors (Lipinski definition) is 2. The molecule has 7 heteroatoms. The Morgan fingerprint density at radius 2 is 2.17 bits per heavy atom. The average molecular weight is 248 g/mol. The van der Waals surface area contributed by atoms with Crippen molar-refractivity contribution in [3.8, 4) is 0 Å². The average Bonchev–Trinajstić information content (AvgIpc) is 2.96. The molecule has 0 atom stereocenters. The molecule has 18 heavy (non-hydrogen) atoms. The van der Waals surface area contributed by atoms with Crippen molar-refractivity contribution in [1.29, 1.82) is 0 Å². The van der Waals surface area contributed by atoms with E-state index in [9.17, 15) is 4.79 Å². The first-order valence-corrected chi connectivity index (χ1v) is 5.62. The standard InChI is InChI=1S/C11H16N6O/c1-12-11(18)8-17-7-10(5-15-17)13-3-9-4-14-16(2)6-9/h4-7,13H,3,8H2,1-2H3,(H,12,18). The van der Waals surface area contributed by atoms with Crippen LogP contribution in [0.15, 0.2) is 24.8 Å². The molecule has 7 nitrogen and oxygen atoms in total. The Kier molecular flexibility index (Phi) is 3.61. The van der Waals surface area contributed by atoms with Gasteiger partial charge < -0.3 is 10.6 Å². The van der Waals surface area contributed by atoms with E-state index < -0.39 is 0 Å². The van der Waals surface area contributed by atoms with E-state index in [1.165, 1.54) is 0 Å². The van der Waals surface area contributed by atoms with E-state index in [4.69, 9.17) is 0 Å². The highest BCUT2D eigenvalue weighted by Gasteiger charge is 2.03. The molecule has 0 aromatic carbocycles. The lowest BCUT2D eigenvalue weighted by atomic mass is 10.3. The zero-order valence-corrected chi connectivity index (χ0v) is 10.4. The summed E-state index contributed by atoms with van der Waals surface area (Å²) in [7, 11) is 3.48. The van der Waals surface area contributed by atoms with Crippen molar-refractivity contribution in [2.24, 2.45) is 7.05 Å². The molecule has 0 aliphatic rings. The minimum atomic E-state index is -0.0723. The van der Waals surface area contributed by atoms with Gasteiger partial charge in [-0.2, -0.15) is 10.2 Å². The second-order valence-electron chi connectivity index (χ2n) is 3.98. The molecule has 0 unspecified atom stereocenters. The first-order valence-electron chi connectivity index (χ1n) is 5.62. The highest BCUT2D eigenvalue weighted by Crippen LogP contribution is 2.07. The van der Waals surface area contributed by atoms with Crippen LogP contribution in [0.2, 0.25) is 0 Å².